The first-order chi connectivity index (χ1) is 16.8. The topological polar surface area (TPSA) is 103 Å². The lowest BCUT2D eigenvalue weighted by Crippen LogP contribution is -2.25. The zero-order valence-electron chi connectivity index (χ0n) is 19.7. The molecule has 0 aliphatic carbocycles. The molecular weight excluding hydrogens is 468 g/mol. The first-order valence-electron chi connectivity index (χ1n) is 10.9. The van der Waals surface area contributed by atoms with Crippen LogP contribution in [0.1, 0.15) is 34.8 Å². The number of amides is 2. The van der Waals surface area contributed by atoms with Gasteiger partial charge in [0.1, 0.15) is 6.04 Å². The SMILES string of the molecule is COc1cn(-c2ccccc2)nc1C(=O)Nc1ccc(NC(=O)C(C)n2nc(C)cc2C)c(Cl)c1. The molecule has 0 bridgehead atoms. The van der Waals surface area contributed by atoms with E-state index >= 15 is 0 Å². The van der Waals surface area contributed by atoms with E-state index in [1.54, 1.807) is 40.7 Å². The van der Waals surface area contributed by atoms with E-state index in [-0.39, 0.29) is 16.6 Å². The third kappa shape index (κ3) is 5.20. The predicted octanol–water partition coefficient (Wildman–Crippen LogP) is 4.80. The van der Waals surface area contributed by atoms with Gasteiger partial charge in [-0.2, -0.15) is 10.2 Å². The molecule has 0 aliphatic heterocycles. The summed E-state index contributed by atoms with van der Waals surface area (Å²) in [6.07, 6.45) is 1.64. The molecule has 10 heteroatoms. The van der Waals surface area contributed by atoms with Gasteiger partial charge in [-0.1, -0.05) is 29.8 Å². The molecule has 2 aromatic carbocycles. The van der Waals surface area contributed by atoms with Crippen LogP contribution in [0.15, 0.2) is 60.8 Å². The number of hydrogen-bond acceptors (Lipinski definition) is 5. The molecule has 2 N–H and O–H groups in total. The molecule has 4 rings (SSSR count). The molecule has 4 aromatic rings. The number of aryl methyl sites for hydroxylation is 2. The maximum atomic E-state index is 12.9. The Bertz CT molecular complexity index is 1380. The normalized spacial score (nSPS) is 11.7. The van der Waals surface area contributed by atoms with E-state index in [4.69, 9.17) is 16.3 Å². The molecule has 9 nitrogen and oxygen atoms in total. The second-order valence-electron chi connectivity index (χ2n) is 8.01. The highest BCUT2D eigenvalue weighted by molar-refractivity contribution is 6.34. The number of anilines is 2. The summed E-state index contributed by atoms with van der Waals surface area (Å²) < 4.78 is 8.57. The lowest BCUT2D eigenvalue weighted by atomic mass is 10.2. The Morgan fingerprint density at radius 2 is 1.77 bits per heavy atom. The van der Waals surface area contributed by atoms with E-state index in [9.17, 15) is 9.59 Å². The van der Waals surface area contributed by atoms with Gasteiger partial charge in [0.2, 0.25) is 5.91 Å². The summed E-state index contributed by atoms with van der Waals surface area (Å²) in [5.41, 5.74) is 3.52. The maximum Gasteiger partial charge on any atom is 0.280 e. The van der Waals surface area contributed by atoms with E-state index < -0.39 is 11.9 Å². The fourth-order valence-electron chi connectivity index (χ4n) is 3.65. The molecule has 0 aliphatic rings. The number of carbonyl (C=O) groups is 2. The fraction of sp³-hybridized carbons (Fsp3) is 0.200. The summed E-state index contributed by atoms with van der Waals surface area (Å²) in [5, 5.41) is 14.6. The Balaban J connectivity index is 1.47. The Morgan fingerprint density at radius 3 is 2.40 bits per heavy atom. The van der Waals surface area contributed by atoms with Gasteiger partial charge in [0.25, 0.3) is 5.91 Å². The van der Waals surface area contributed by atoms with Crippen molar-refractivity contribution < 1.29 is 14.3 Å². The lowest BCUT2D eigenvalue weighted by Gasteiger charge is -2.15. The summed E-state index contributed by atoms with van der Waals surface area (Å²) >= 11 is 6.40. The third-order valence-electron chi connectivity index (χ3n) is 5.41. The number of nitrogens with zero attached hydrogens (tertiary/aromatic N) is 4. The van der Waals surface area contributed by atoms with Crippen molar-refractivity contribution in [3.8, 4) is 11.4 Å². The van der Waals surface area contributed by atoms with Gasteiger partial charge in [0, 0.05) is 11.4 Å². The molecule has 2 heterocycles. The number of hydrogen-bond donors (Lipinski definition) is 2. The number of halogens is 1. The predicted molar refractivity (Wildman–Crippen MR) is 135 cm³/mol. The minimum Gasteiger partial charge on any atom is -0.493 e. The van der Waals surface area contributed by atoms with E-state index in [2.05, 4.69) is 20.8 Å². The minimum atomic E-state index is -0.522. The Morgan fingerprint density at radius 1 is 1.03 bits per heavy atom. The quantitative estimate of drug-likeness (QED) is 0.385. The molecule has 35 heavy (non-hydrogen) atoms. The van der Waals surface area contributed by atoms with Gasteiger partial charge >= 0.3 is 0 Å². The summed E-state index contributed by atoms with van der Waals surface area (Å²) in [4.78, 5) is 25.6. The average molecular weight is 493 g/mol. The van der Waals surface area contributed by atoms with Gasteiger partial charge < -0.3 is 15.4 Å². The van der Waals surface area contributed by atoms with Crippen LogP contribution in [0.5, 0.6) is 5.75 Å². The summed E-state index contributed by atoms with van der Waals surface area (Å²) in [6.45, 7) is 5.53. The second-order valence-corrected chi connectivity index (χ2v) is 8.42. The number of para-hydroxylation sites is 1. The highest BCUT2D eigenvalue weighted by Crippen LogP contribution is 2.28. The lowest BCUT2D eigenvalue weighted by molar-refractivity contribution is -0.119. The molecule has 1 unspecified atom stereocenters. The van der Waals surface area contributed by atoms with Crippen molar-refractivity contribution in [2.75, 3.05) is 17.7 Å². The van der Waals surface area contributed by atoms with Crippen LogP contribution in [0.4, 0.5) is 11.4 Å². The Labute approximate surface area is 207 Å². The zero-order valence-corrected chi connectivity index (χ0v) is 20.5. The number of methoxy groups -OCH3 is 1. The fourth-order valence-corrected chi connectivity index (χ4v) is 3.88. The molecule has 0 fully saturated rings. The van der Waals surface area contributed by atoms with Crippen molar-refractivity contribution in [2.24, 2.45) is 0 Å². The first-order valence-corrected chi connectivity index (χ1v) is 11.3. The summed E-state index contributed by atoms with van der Waals surface area (Å²) in [6, 6.07) is 15.6. The Kier molecular flexibility index (Phi) is 6.88. The van der Waals surface area contributed by atoms with Gasteiger partial charge in [-0.05, 0) is 57.2 Å². The monoisotopic (exact) mass is 492 g/mol. The van der Waals surface area contributed by atoms with E-state index in [0.717, 1.165) is 17.1 Å². The van der Waals surface area contributed by atoms with E-state index in [0.29, 0.717) is 17.1 Å². The highest BCUT2D eigenvalue weighted by Gasteiger charge is 2.21. The molecule has 0 saturated carbocycles. The number of benzene rings is 2. The van der Waals surface area contributed by atoms with Crippen molar-refractivity contribution in [1.29, 1.82) is 0 Å². The molecule has 1 atom stereocenters. The smallest absolute Gasteiger partial charge is 0.280 e. The summed E-state index contributed by atoms with van der Waals surface area (Å²) in [7, 11) is 1.48. The number of ether oxygens (including phenoxy) is 1. The van der Waals surface area contributed by atoms with Crippen LogP contribution in [0.3, 0.4) is 0 Å². The van der Waals surface area contributed by atoms with Crippen molar-refractivity contribution in [1.82, 2.24) is 19.6 Å². The molecular formula is C25H25ClN6O3. The second kappa shape index (κ2) is 10.0. The van der Waals surface area contributed by atoms with Gasteiger partial charge in [0.15, 0.2) is 11.4 Å². The van der Waals surface area contributed by atoms with E-state index in [1.165, 1.54) is 7.11 Å². The standard InChI is InChI=1S/C25H25ClN6O3/c1-15-12-16(2)32(29-15)17(3)24(33)28-21-11-10-18(13-20(21)26)27-25(34)23-22(35-4)14-31(30-23)19-8-6-5-7-9-19/h5-14,17H,1-4H3,(H,27,34)(H,28,33). The van der Waals surface area contributed by atoms with Crippen molar-refractivity contribution in [3.05, 3.63) is 82.9 Å². The zero-order chi connectivity index (χ0) is 25.1. The highest BCUT2D eigenvalue weighted by atomic mass is 35.5. The van der Waals surface area contributed by atoms with Crippen LogP contribution in [-0.4, -0.2) is 38.5 Å². The average Bonchev–Trinajstić information content (AvgIpc) is 3.43. The Hall–Kier alpha value is -4.11. The molecule has 0 saturated heterocycles. The van der Waals surface area contributed by atoms with Crippen LogP contribution in [0.2, 0.25) is 5.02 Å². The minimum absolute atomic E-state index is 0.128. The van der Waals surface area contributed by atoms with Gasteiger partial charge in [-0.15, -0.1) is 0 Å². The van der Waals surface area contributed by atoms with Crippen molar-refractivity contribution in [3.63, 3.8) is 0 Å². The first kappa shape index (κ1) is 24.0. The van der Waals surface area contributed by atoms with Crippen molar-refractivity contribution >= 4 is 34.8 Å². The number of rotatable bonds is 7. The summed E-state index contributed by atoms with van der Waals surface area (Å²) in [5.74, 6) is -0.381. The largest absolute Gasteiger partial charge is 0.493 e. The third-order valence-corrected chi connectivity index (χ3v) is 5.72. The van der Waals surface area contributed by atoms with Crippen molar-refractivity contribution in [2.45, 2.75) is 26.8 Å². The molecule has 2 aromatic heterocycles. The van der Waals surface area contributed by atoms with Crippen LogP contribution in [0.25, 0.3) is 5.69 Å². The number of aromatic nitrogens is 4. The van der Waals surface area contributed by atoms with E-state index in [1.807, 2.05) is 50.2 Å². The molecule has 180 valence electrons. The molecule has 0 spiro atoms. The maximum absolute atomic E-state index is 12.9. The molecule has 2 amide bonds. The van der Waals surface area contributed by atoms with Crippen LogP contribution < -0.4 is 15.4 Å². The van der Waals surface area contributed by atoms with Crippen LogP contribution in [0, 0.1) is 13.8 Å². The number of nitrogens with one attached hydrogen (secondary N) is 2. The van der Waals surface area contributed by atoms with Gasteiger partial charge in [-0.3, -0.25) is 14.3 Å². The molecule has 0 radical (unpaired) electrons. The van der Waals surface area contributed by atoms with Crippen LogP contribution in [-0.2, 0) is 4.79 Å². The van der Waals surface area contributed by atoms with Gasteiger partial charge in [-0.25, -0.2) is 4.68 Å². The van der Waals surface area contributed by atoms with Gasteiger partial charge in [0.05, 0.1) is 35.4 Å². The van der Waals surface area contributed by atoms with Crippen LogP contribution >= 0.6 is 11.6 Å². The number of carbonyl (C=O) groups excluding carboxylic acids is 2.